The van der Waals surface area contributed by atoms with Gasteiger partial charge in [0, 0.05) is 23.3 Å². The number of fused-ring (bicyclic) bond motifs is 1. The predicted octanol–water partition coefficient (Wildman–Crippen LogP) is 3.89. The molecule has 0 saturated heterocycles. The van der Waals surface area contributed by atoms with E-state index in [1.165, 1.54) is 0 Å². The monoisotopic (exact) mass is 293 g/mol. The van der Waals surface area contributed by atoms with Gasteiger partial charge in [0.2, 0.25) is 0 Å². The molecule has 0 radical (unpaired) electrons. The van der Waals surface area contributed by atoms with Crippen LogP contribution >= 0.6 is 0 Å². The van der Waals surface area contributed by atoms with Crippen LogP contribution in [0.3, 0.4) is 0 Å². The Hall–Kier alpha value is -3.08. The smallest absolute Gasteiger partial charge is 0.323 e. The van der Waals surface area contributed by atoms with Crippen LogP contribution in [0.2, 0.25) is 0 Å². The molecule has 2 amide bonds. The summed E-state index contributed by atoms with van der Waals surface area (Å²) in [5.41, 5.74) is 2.04. The number of ether oxygens (including phenoxy) is 1. The quantitative estimate of drug-likeness (QED) is 0.770. The number of anilines is 2. The van der Waals surface area contributed by atoms with Gasteiger partial charge in [-0.25, -0.2) is 4.79 Å². The second-order valence-corrected chi connectivity index (χ2v) is 4.70. The van der Waals surface area contributed by atoms with Crippen molar-refractivity contribution in [2.45, 2.75) is 0 Å². The van der Waals surface area contributed by atoms with Gasteiger partial charge in [0.25, 0.3) is 0 Å². The number of amides is 2. The Labute approximate surface area is 127 Å². The average molecular weight is 293 g/mol. The topological polar surface area (TPSA) is 63.2 Å². The Morgan fingerprint density at radius 1 is 1.05 bits per heavy atom. The molecule has 3 aromatic rings. The number of nitrogens with one attached hydrogen (secondary N) is 2. The van der Waals surface area contributed by atoms with Crippen LogP contribution in [0.15, 0.2) is 60.8 Å². The molecule has 2 N–H and O–H groups in total. The van der Waals surface area contributed by atoms with E-state index in [9.17, 15) is 4.79 Å². The first-order chi connectivity index (χ1) is 10.8. The van der Waals surface area contributed by atoms with Crippen LogP contribution in [0.5, 0.6) is 5.75 Å². The fourth-order valence-electron chi connectivity index (χ4n) is 2.18. The van der Waals surface area contributed by atoms with Crippen molar-refractivity contribution >= 4 is 28.3 Å². The van der Waals surface area contributed by atoms with Crippen molar-refractivity contribution in [2.75, 3.05) is 17.7 Å². The van der Waals surface area contributed by atoms with Crippen LogP contribution in [0.25, 0.3) is 10.9 Å². The molecule has 5 nitrogen and oxygen atoms in total. The van der Waals surface area contributed by atoms with Gasteiger partial charge in [0.05, 0.1) is 18.3 Å². The molecule has 22 heavy (non-hydrogen) atoms. The van der Waals surface area contributed by atoms with Gasteiger partial charge in [-0.1, -0.05) is 24.3 Å². The van der Waals surface area contributed by atoms with Crippen molar-refractivity contribution in [1.29, 1.82) is 0 Å². The number of methoxy groups -OCH3 is 1. The number of nitrogens with zero attached hydrogens (tertiary/aromatic N) is 1. The number of hydrogen-bond acceptors (Lipinski definition) is 3. The van der Waals surface area contributed by atoms with Gasteiger partial charge >= 0.3 is 6.03 Å². The lowest BCUT2D eigenvalue weighted by molar-refractivity contribution is 0.262. The van der Waals surface area contributed by atoms with Crippen LogP contribution in [-0.2, 0) is 0 Å². The third-order valence-electron chi connectivity index (χ3n) is 3.19. The lowest BCUT2D eigenvalue weighted by Crippen LogP contribution is -2.19. The molecule has 0 aliphatic heterocycles. The largest absolute Gasteiger partial charge is 0.497 e. The van der Waals surface area contributed by atoms with E-state index in [2.05, 4.69) is 15.6 Å². The van der Waals surface area contributed by atoms with E-state index in [-0.39, 0.29) is 6.03 Å². The van der Waals surface area contributed by atoms with Crippen LogP contribution in [0, 0.1) is 0 Å². The maximum atomic E-state index is 12.1. The maximum absolute atomic E-state index is 12.1. The Balaban J connectivity index is 1.88. The maximum Gasteiger partial charge on any atom is 0.323 e. The van der Waals surface area contributed by atoms with Gasteiger partial charge < -0.3 is 15.4 Å². The molecule has 0 atom stereocenters. The van der Waals surface area contributed by atoms with Crippen molar-refractivity contribution < 1.29 is 9.53 Å². The molecule has 0 unspecified atom stereocenters. The third-order valence-corrected chi connectivity index (χ3v) is 3.19. The molecule has 110 valence electrons. The number of rotatable bonds is 3. The van der Waals surface area contributed by atoms with E-state index in [0.29, 0.717) is 17.0 Å². The summed E-state index contributed by atoms with van der Waals surface area (Å²) >= 11 is 0. The van der Waals surface area contributed by atoms with Gasteiger partial charge in [0.15, 0.2) is 0 Å². The number of para-hydroxylation sites is 1. The Kier molecular flexibility index (Phi) is 3.87. The first-order valence-corrected chi connectivity index (χ1v) is 6.82. The second kappa shape index (κ2) is 6.13. The van der Waals surface area contributed by atoms with Gasteiger partial charge in [0.1, 0.15) is 5.75 Å². The minimum Gasteiger partial charge on any atom is -0.497 e. The first kappa shape index (κ1) is 13.9. The highest BCUT2D eigenvalue weighted by Crippen LogP contribution is 2.27. The molecule has 0 spiro atoms. The minimum absolute atomic E-state index is 0.327. The van der Waals surface area contributed by atoms with Crippen molar-refractivity contribution in [2.24, 2.45) is 0 Å². The van der Waals surface area contributed by atoms with E-state index < -0.39 is 0 Å². The minimum atomic E-state index is -0.327. The molecule has 0 aliphatic carbocycles. The third kappa shape index (κ3) is 2.98. The van der Waals surface area contributed by atoms with Crippen LogP contribution in [0.4, 0.5) is 16.2 Å². The summed E-state index contributed by atoms with van der Waals surface area (Å²) in [5, 5.41) is 6.49. The van der Waals surface area contributed by atoms with Gasteiger partial charge in [-0.15, -0.1) is 0 Å². The highest BCUT2D eigenvalue weighted by atomic mass is 16.5. The molecule has 2 aromatic carbocycles. The first-order valence-electron chi connectivity index (χ1n) is 6.82. The van der Waals surface area contributed by atoms with Gasteiger partial charge in [-0.05, 0) is 24.3 Å². The van der Waals surface area contributed by atoms with Crippen LogP contribution < -0.4 is 15.4 Å². The number of carbonyl (C=O) groups is 1. The van der Waals surface area contributed by atoms with Crippen molar-refractivity contribution in [3.05, 3.63) is 60.8 Å². The van der Waals surface area contributed by atoms with Gasteiger partial charge in [-0.3, -0.25) is 4.98 Å². The summed E-state index contributed by atoms with van der Waals surface area (Å²) in [4.78, 5) is 16.5. The zero-order chi connectivity index (χ0) is 15.4. The summed E-state index contributed by atoms with van der Waals surface area (Å²) in [7, 11) is 1.59. The molecule has 5 heteroatoms. The lowest BCUT2D eigenvalue weighted by atomic mass is 10.2. The molecule has 1 heterocycles. The van der Waals surface area contributed by atoms with Gasteiger partial charge in [-0.2, -0.15) is 0 Å². The molecule has 1 aromatic heterocycles. The highest BCUT2D eigenvalue weighted by Gasteiger charge is 2.09. The number of hydrogen-bond donors (Lipinski definition) is 2. The Bertz CT molecular complexity index is 803. The van der Waals surface area contributed by atoms with Crippen LogP contribution in [-0.4, -0.2) is 18.1 Å². The SMILES string of the molecule is COc1cc(NC(=O)Nc2ccccc2)c2ncccc2c1. The second-order valence-electron chi connectivity index (χ2n) is 4.70. The average Bonchev–Trinajstić information content (AvgIpc) is 2.55. The van der Waals surface area contributed by atoms with E-state index in [4.69, 9.17) is 4.74 Å². The lowest BCUT2D eigenvalue weighted by Gasteiger charge is -2.11. The van der Waals surface area contributed by atoms with E-state index in [0.717, 1.165) is 11.1 Å². The zero-order valence-corrected chi connectivity index (χ0v) is 12.0. The van der Waals surface area contributed by atoms with E-state index >= 15 is 0 Å². The molecule has 0 bridgehead atoms. The summed E-state index contributed by atoms with van der Waals surface area (Å²) in [6, 6.07) is 16.3. The number of urea groups is 1. The molecule has 0 aliphatic rings. The fourth-order valence-corrected chi connectivity index (χ4v) is 2.18. The van der Waals surface area contributed by atoms with Crippen molar-refractivity contribution in [3.63, 3.8) is 0 Å². The zero-order valence-electron chi connectivity index (χ0n) is 12.0. The Morgan fingerprint density at radius 3 is 2.64 bits per heavy atom. The number of benzene rings is 2. The molecule has 0 fully saturated rings. The number of aromatic nitrogens is 1. The molecule has 0 saturated carbocycles. The number of pyridine rings is 1. The van der Waals surface area contributed by atoms with Crippen molar-refractivity contribution in [3.8, 4) is 5.75 Å². The normalized spacial score (nSPS) is 10.2. The number of carbonyl (C=O) groups excluding carboxylic acids is 1. The van der Waals surface area contributed by atoms with Crippen molar-refractivity contribution in [1.82, 2.24) is 4.98 Å². The standard InChI is InChI=1S/C17H15N3O2/c1-22-14-10-12-6-5-9-18-16(12)15(11-14)20-17(21)19-13-7-3-2-4-8-13/h2-11H,1H3,(H2,19,20,21). The molecule has 3 rings (SSSR count). The summed E-state index contributed by atoms with van der Waals surface area (Å²) in [6.07, 6.45) is 1.69. The predicted molar refractivity (Wildman–Crippen MR) is 87.4 cm³/mol. The molecular formula is C17H15N3O2. The van der Waals surface area contributed by atoms with E-state index in [1.54, 1.807) is 19.4 Å². The van der Waals surface area contributed by atoms with Crippen LogP contribution in [0.1, 0.15) is 0 Å². The molecular weight excluding hydrogens is 278 g/mol. The summed E-state index contributed by atoms with van der Waals surface area (Å²) in [5.74, 6) is 0.663. The highest BCUT2D eigenvalue weighted by molar-refractivity contribution is 6.05. The fraction of sp³-hybridized carbons (Fsp3) is 0.0588. The Morgan fingerprint density at radius 2 is 1.86 bits per heavy atom. The summed E-state index contributed by atoms with van der Waals surface area (Å²) in [6.45, 7) is 0. The summed E-state index contributed by atoms with van der Waals surface area (Å²) < 4.78 is 5.26. The van der Waals surface area contributed by atoms with E-state index in [1.807, 2.05) is 48.5 Å².